The summed E-state index contributed by atoms with van der Waals surface area (Å²) in [4.78, 5) is 12.7. The number of ether oxygens (including phenoxy) is 2. The van der Waals surface area contributed by atoms with Crippen LogP contribution in [0.2, 0.25) is 5.02 Å². The third-order valence-corrected chi connectivity index (χ3v) is 4.76. The molecule has 5 heteroatoms. The molecule has 1 aliphatic heterocycles. The zero-order valence-corrected chi connectivity index (χ0v) is 16.3. The van der Waals surface area contributed by atoms with Crippen LogP contribution in [0.15, 0.2) is 42.5 Å². The van der Waals surface area contributed by atoms with E-state index in [0.29, 0.717) is 17.2 Å². The van der Waals surface area contributed by atoms with Crippen LogP contribution >= 0.6 is 11.6 Å². The van der Waals surface area contributed by atoms with Gasteiger partial charge in [0.2, 0.25) is 0 Å². The lowest BCUT2D eigenvalue weighted by Crippen LogP contribution is -2.44. The maximum absolute atomic E-state index is 12.7. The summed E-state index contributed by atoms with van der Waals surface area (Å²) in [6.45, 7) is 7.81. The van der Waals surface area contributed by atoms with Crippen LogP contribution in [0.1, 0.15) is 44.4 Å². The molecule has 1 N–H and O–H groups in total. The standard InChI is InChI=1S/C21H24ClNO3/c1-13-9-10-15-17(12-21(3,4)26-19(15)11-13)23-20(24)14(2)25-18-8-6-5-7-16(18)22/h5-11,14,17H,12H2,1-4H3,(H,23,24). The molecule has 0 saturated heterocycles. The fraction of sp³-hybridized carbons (Fsp3) is 0.381. The van der Waals surface area contributed by atoms with Crippen LogP contribution < -0.4 is 14.8 Å². The van der Waals surface area contributed by atoms with Gasteiger partial charge in [0.25, 0.3) is 5.91 Å². The molecule has 138 valence electrons. The molecule has 26 heavy (non-hydrogen) atoms. The highest BCUT2D eigenvalue weighted by atomic mass is 35.5. The smallest absolute Gasteiger partial charge is 0.261 e. The molecule has 2 unspecified atom stereocenters. The van der Waals surface area contributed by atoms with Crippen LogP contribution in [0.3, 0.4) is 0 Å². The van der Waals surface area contributed by atoms with Gasteiger partial charge in [-0.1, -0.05) is 35.9 Å². The summed E-state index contributed by atoms with van der Waals surface area (Å²) >= 11 is 6.11. The number of carbonyl (C=O) groups is 1. The number of benzene rings is 2. The molecule has 2 atom stereocenters. The van der Waals surface area contributed by atoms with Crippen molar-refractivity contribution >= 4 is 17.5 Å². The Kier molecular flexibility index (Phi) is 5.15. The second kappa shape index (κ2) is 7.20. The van der Waals surface area contributed by atoms with Gasteiger partial charge in [0.1, 0.15) is 17.1 Å². The number of amides is 1. The third-order valence-electron chi connectivity index (χ3n) is 4.45. The number of carbonyl (C=O) groups excluding carboxylic acids is 1. The second-order valence-corrected chi connectivity index (χ2v) is 7.77. The molecule has 0 saturated carbocycles. The van der Waals surface area contributed by atoms with Crippen LogP contribution in [0, 0.1) is 6.92 Å². The van der Waals surface area contributed by atoms with Gasteiger partial charge in [-0.15, -0.1) is 0 Å². The number of rotatable bonds is 4. The van der Waals surface area contributed by atoms with Crippen molar-refractivity contribution in [2.75, 3.05) is 0 Å². The van der Waals surface area contributed by atoms with E-state index in [1.54, 1.807) is 19.1 Å². The number of hydrogen-bond acceptors (Lipinski definition) is 3. The quantitative estimate of drug-likeness (QED) is 0.834. The fourth-order valence-electron chi connectivity index (χ4n) is 3.16. The Labute approximate surface area is 159 Å². The first-order valence-corrected chi connectivity index (χ1v) is 9.14. The maximum atomic E-state index is 12.7. The minimum atomic E-state index is -0.658. The Hall–Kier alpha value is -2.20. The van der Waals surface area contributed by atoms with E-state index in [2.05, 4.69) is 5.32 Å². The topological polar surface area (TPSA) is 47.6 Å². The van der Waals surface area contributed by atoms with Crippen LogP contribution in [0.25, 0.3) is 0 Å². The number of halogens is 1. The van der Waals surface area contributed by atoms with Gasteiger partial charge in [0, 0.05) is 12.0 Å². The van der Waals surface area contributed by atoms with Gasteiger partial charge in [-0.25, -0.2) is 0 Å². The number of nitrogens with one attached hydrogen (secondary N) is 1. The molecule has 0 radical (unpaired) electrons. The third kappa shape index (κ3) is 4.13. The lowest BCUT2D eigenvalue weighted by molar-refractivity contribution is -0.128. The van der Waals surface area contributed by atoms with E-state index in [-0.39, 0.29) is 17.6 Å². The first-order valence-electron chi connectivity index (χ1n) is 8.76. The molecule has 0 aromatic heterocycles. The highest BCUT2D eigenvalue weighted by Crippen LogP contribution is 2.40. The minimum absolute atomic E-state index is 0.126. The van der Waals surface area contributed by atoms with Gasteiger partial charge in [-0.05, 0) is 51.5 Å². The molecular formula is C21H24ClNO3. The molecule has 1 aliphatic rings. The predicted octanol–water partition coefficient (Wildman–Crippen LogP) is 4.83. The van der Waals surface area contributed by atoms with E-state index in [0.717, 1.165) is 16.9 Å². The molecule has 0 bridgehead atoms. The Morgan fingerprint density at radius 3 is 2.77 bits per heavy atom. The van der Waals surface area contributed by atoms with Crippen molar-refractivity contribution in [1.29, 1.82) is 0 Å². The summed E-state index contributed by atoms with van der Waals surface area (Å²) in [5.41, 5.74) is 1.76. The number of fused-ring (bicyclic) bond motifs is 1. The van der Waals surface area contributed by atoms with Crippen molar-refractivity contribution in [2.45, 2.75) is 51.9 Å². The fourth-order valence-corrected chi connectivity index (χ4v) is 3.34. The zero-order valence-electron chi connectivity index (χ0n) is 15.5. The monoisotopic (exact) mass is 373 g/mol. The first-order chi connectivity index (χ1) is 12.2. The Morgan fingerprint density at radius 2 is 2.04 bits per heavy atom. The van der Waals surface area contributed by atoms with Gasteiger partial charge in [-0.3, -0.25) is 4.79 Å². The first kappa shape index (κ1) is 18.6. The normalized spacial score (nSPS) is 19.0. The molecule has 1 amide bonds. The molecule has 1 heterocycles. The summed E-state index contributed by atoms with van der Waals surface area (Å²) in [7, 11) is 0. The minimum Gasteiger partial charge on any atom is -0.487 e. The largest absolute Gasteiger partial charge is 0.487 e. The Balaban J connectivity index is 1.75. The van der Waals surface area contributed by atoms with E-state index < -0.39 is 6.10 Å². The van der Waals surface area contributed by atoms with Crippen LogP contribution in [0.5, 0.6) is 11.5 Å². The van der Waals surface area contributed by atoms with Crippen molar-refractivity contribution in [3.05, 3.63) is 58.6 Å². The summed E-state index contributed by atoms with van der Waals surface area (Å²) in [5.74, 6) is 1.14. The maximum Gasteiger partial charge on any atom is 0.261 e. The highest BCUT2D eigenvalue weighted by Gasteiger charge is 2.35. The van der Waals surface area contributed by atoms with Gasteiger partial charge >= 0.3 is 0 Å². The van der Waals surface area contributed by atoms with Crippen molar-refractivity contribution in [3.8, 4) is 11.5 Å². The van der Waals surface area contributed by atoms with Crippen molar-refractivity contribution in [3.63, 3.8) is 0 Å². The number of aryl methyl sites for hydroxylation is 1. The summed E-state index contributed by atoms with van der Waals surface area (Å²) in [6.07, 6.45) is 0.0305. The molecular weight excluding hydrogens is 350 g/mol. The van der Waals surface area contributed by atoms with E-state index >= 15 is 0 Å². The SMILES string of the molecule is Cc1ccc2c(c1)OC(C)(C)CC2NC(=O)C(C)Oc1ccccc1Cl. The van der Waals surface area contributed by atoms with Gasteiger partial charge in [-0.2, -0.15) is 0 Å². The van der Waals surface area contributed by atoms with Crippen molar-refractivity contribution in [1.82, 2.24) is 5.32 Å². The summed E-state index contributed by atoms with van der Waals surface area (Å²) in [5, 5.41) is 3.59. The molecule has 4 nitrogen and oxygen atoms in total. The second-order valence-electron chi connectivity index (χ2n) is 7.36. The molecule has 0 spiro atoms. The van der Waals surface area contributed by atoms with Crippen LogP contribution in [0.4, 0.5) is 0 Å². The molecule has 2 aromatic rings. The van der Waals surface area contributed by atoms with E-state index in [4.69, 9.17) is 21.1 Å². The average molecular weight is 374 g/mol. The van der Waals surface area contributed by atoms with E-state index in [1.165, 1.54) is 0 Å². The molecule has 0 aliphatic carbocycles. The van der Waals surface area contributed by atoms with Crippen LogP contribution in [-0.4, -0.2) is 17.6 Å². The van der Waals surface area contributed by atoms with Crippen molar-refractivity contribution in [2.24, 2.45) is 0 Å². The van der Waals surface area contributed by atoms with Gasteiger partial charge < -0.3 is 14.8 Å². The average Bonchev–Trinajstić information content (AvgIpc) is 2.55. The Morgan fingerprint density at radius 1 is 1.31 bits per heavy atom. The van der Waals surface area contributed by atoms with Crippen LogP contribution in [-0.2, 0) is 4.79 Å². The van der Waals surface area contributed by atoms with E-state index in [9.17, 15) is 4.79 Å². The molecule has 3 rings (SSSR count). The lowest BCUT2D eigenvalue weighted by Gasteiger charge is -2.38. The summed E-state index contributed by atoms with van der Waals surface area (Å²) < 4.78 is 11.8. The van der Waals surface area contributed by atoms with Crippen molar-refractivity contribution < 1.29 is 14.3 Å². The lowest BCUT2D eigenvalue weighted by atomic mass is 9.89. The zero-order chi connectivity index (χ0) is 18.9. The number of para-hydroxylation sites is 1. The number of hydrogen-bond donors (Lipinski definition) is 1. The van der Waals surface area contributed by atoms with Gasteiger partial charge in [0.15, 0.2) is 6.10 Å². The van der Waals surface area contributed by atoms with Gasteiger partial charge in [0.05, 0.1) is 11.1 Å². The van der Waals surface area contributed by atoms with E-state index in [1.807, 2.05) is 51.1 Å². The predicted molar refractivity (Wildman–Crippen MR) is 103 cm³/mol. The molecule has 2 aromatic carbocycles. The molecule has 0 fully saturated rings. The Bertz CT molecular complexity index is 819. The highest BCUT2D eigenvalue weighted by molar-refractivity contribution is 6.32. The summed E-state index contributed by atoms with van der Waals surface area (Å²) in [6, 6.07) is 13.1.